The summed E-state index contributed by atoms with van der Waals surface area (Å²) in [7, 11) is 0. The first-order chi connectivity index (χ1) is 9.72. The number of hydrogen-bond donors (Lipinski definition) is 1. The molecule has 1 N–H and O–H groups in total. The largest absolute Gasteiger partial charge is 0.381 e. The van der Waals surface area contributed by atoms with E-state index in [0.717, 1.165) is 39.0 Å². The van der Waals surface area contributed by atoms with E-state index in [9.17, 15) is 8.78 Å². The van der Waals surface area contributed by atoms with Crippen LogP contribution < -0.4 is 5.32 Å². The Bertz CT molecular complexity index is 399. The van der Waals surface area contributed by atoms with E-state index >= 15 is 0 Å². The minimum absolute atomic E-state index is 0.116. The van der Waals surface area contributed by atoms with Crippen LogP contribution in [-0.4, -0.2) is 25.8 Å². The number of ether oxygens (including phenoxy) is 1. The lowest BCUT2D eigenvalue weighted by atomic mass is 9.87. The highest BCUT2D eigenvalue weighted by atomic mass is 19.1. The van der Waals surface area contributed by atoms with Crippen LogP contribution in [0.4, 0.5) is 8.78 Å². The van der Waals surface area contributed by atoms with E-state index in [2.05, 4.69) is 12.2 Å². The van der Waals surface area contributed by atoms with Crippen molar-refractivity contribution in [1.29, 1.82) is 0 Å². The van der Waals surface area contributed by atoms with Gasteiger partial charge in [-0.1, -0.05) is 13.0 Å². The van der Waals surface area contributed by atoms with E-state index in [-0.39, 0.29) is 11.6 Å². The van der Waals surface area contributed by atoms with Gasteiger partial charge in [0.05, 0.1) is 0 Å². The molecule has 1 fully saturated rings. The number of halogens is 2. The predicted molar refractivity (Wildman–Crippen MR) is 75.7 cm³/mol. The summed E-state index contributed by atoms with van der Waals surface area (Å²) in [6.45, 7) is 4.46. The van der Waals surface area contributed by atoms with Gasteiger partial charge in [0.2, 0.25) is 0 Å². The zero-order valence-electron chi connectivity index (χ0n) is 12.0. The van der Waals surface area contributed by atoms with Gasteiger partial charge < -0.3 is 10.1 Å². The standard InChI is InChI=1S/C16H23F2NO/c1-2-8-19-16(12-6-9-20-10-7-12)11-13-14(17)4-3-5-15(13)18/h3-5,12,16,19H,2,6-11H2,1H3. The fourth-order valence-electron chi connectivity index (χ4n) is 2.80. The average molecular weight is 283 g/mol. The highest BCUT2D eigenvalue weighted by Crippen LogP contribution is 2.23. The molecule has 0 saturated carbocycles. The number of hydrogen-bond acceptors (Lipinski definition) is 2. The van der Waals surface area contributed by atoms with Crippen LogP contribution in [0, 0.1) is 17.6 Å². The summed E-state index contributed by atoms with van der Waals surface area (Å²) in [5, 5.41) is 3.45. The summed E-state index contributed by atoms with van der Waals surface area (Å²) in [4.78, 5) is 0. The van der Waals surface area contributed by atoms with Crippen molar-refractivity contribution < 1.29 is 13.5 Å². The molecule has 1 aliphatic rings. The normalized spacial score (nSPS) is 18.1. The van der Waals surface area contributed by atoms with Gasteiger partial charge in [0, 0.05) is 24.8 Å². The van der Waals surface area contributed by atoms with Crippen molar-refractivity contribution in [3.8, 4) is 0 Å². The van der Waals surface area contributed by atoms with Crippen LogP contribution in [0.2, 0.25) is 0 Å². The van der Waals surface area contributed by atoms with Gasteiger partial charge in [-0.15, -0.1) is 0 Å². The zero-order chi connectivity index (χ0) is 14.4. The van der Waals surface area contributed by atoms with Crippen LogP contribution in [0.3, 0.4) is 0 Å². The summed E-state index contributed by atoms with van der Waals surface area (Å²) >= 11 is 0. The van der Waals surface area contributed by atoms with E-state index in [1.807, 2.05) is 0 Å². The number of nitrogens with one attached hydrogen (secondary N) is 1. The smallest absolute Gasteiger partial charge is 0.129 e. The maximum Gasteiger partial charge on any atom is 0.129 e. The van der Waals surface area contributed by atoms with E-state index in [1.54, 1.807) is 0 Å². The maximum absolute atomic E-state index is 13.8. The first-order valence-electron chi connectivity index (χ1n) is 7.46. The van der Waals surface area contributed by atoms with Crippen LogP contribution >= 0.6 is 0 Å². The molecular weight excluding hydrogens is 260 g/mol. The van der Waals surface area contributed by atoms with Crippen molar-refractivity contribution in [2.24, 2.45) is 5.92 Å². The molecule has 0 aromatic heterocycles. The molecule has 2 rings (SSSR count). The van der Waals surface area contributed by atoms with Gasteiger partial charge in [0.1, 0.15) is 11.6 Å². The van der Waals surface area contributed by atoms with Gasteiger partial charge in [0.15, 0.2) is 0 Å². The molecule has 0 aliphatic carbocycles. The Morgan fingerprint density at radius 2 is 1.90 bits per heavy atom. The summed E-state index contributed by atoms with van der Waals surface area (Å²) in [5.41, 5.74) is 0.201. The van der Waals surface area contributed by atoms with Crippen molar-refractivity contribution in [2.75, 3.05) is 19.8 Å². The Morgan fingerprint density at radius 3 is 2.50 bits per heavy atom. The Hall–Kier alpha value is -1.00. The van der Waals surface area contributed by atoms with Gasteiger partial charge in [-0.2, -0.15) is 0 Å². The molecular formula is C16H23F2NO. The Morgan fingerprint density at radius 1 is 1.25 bits per heavy atom. The van der Waals surface area contributed by atoms with Gasteiger partial charge in [-0.3, -0.25) is 0 Å². The molecule has 112 valence electrons. The molecule has 20 heavy (non-hydrogen) atoms. The summed E-state index contributed by atoms with van der Waals surface area (Å²) in [6.07, 6.45) is 3.33. The van der Waals surface area contributed by atoms with Crippen molar-refractivity contribution in [3.63, 3.8) is 0 Å². The predicted octanol–water partition coefficient (Wildman–Crippen LogP) is 3.30. The summed E-state index contributed by atoms with van der Waals surface area (Å²) < 4.78 is 33.0. The second-order valence-electron chi connectivity index (χ2n) is 5.41. The molecule has 1 aliphatic heterocycles. The molecule has 2 nitrogen and oxygen atoms in total. The lowest BCUT2D eigenvalue weighted by molar-refractivity contribution is 0.0536. The highest BCUT2D eigenvalue weighted by Gasteiger charge is 2.25. The average Bonchev–Trinajstić information content (AvgIpc) is 2.47. The van der Waals surface area contributed by atoms with Crippen molar-refractivity contribution >= 4 is 0 Å². The van der Waals surface area contributed by atoms with Crippen LogP contribution in [-0.2, 0) is 11.2 Å². The minimum atomic E-state index is -0.444. The fourth-order valence-corrected chi connectivity index (χ4v) is 2.80. The summed E-state index contributed by atoms with van der Waals surface area (Å²) in [6, 6.07) is 4.19. The number of rotatable bonds is 6. The SMILES string of the molecule is CCCNC(Cc1c(F)cccc1F)C1CCOCC1. The van der Waals surface area contributed by atoms with Gasteiger partial charge in [-0.05, 0) is 50.3 Å². The van der Waals surface area contributed by atoms with Gasteiger partial charge >= 0.3 is 0 Å². The zero-order valence-corrected chi connectivity index (χ0v) is 12.0. The molecule has 4 heteroatoms. The fraction of sp³-hybridized carbons (Fsp3) is 0.625. The van der Waals surface area contributed by atoms with Crippen LogP contribution in [0.15, 0.2) is 18.2 Å². The third-order valence-electron chi connectivity index (χ3n) is 3.98. The second-order valence-corrected chi connectivity index (χ2v) is 5.41. The lowest BCUT2D eigenvalue weighted by Crippen LogP contribution is -2.41. The molecule has 1 saturated heterocycles. The molecule has 0 spiro atoms. The molecule has 1 atom stereocenters. The van der Waals surface area contributed by atoms with E-state index in [1.165, 1.54) is 18.2 Å². The second kappa shape index (κ2) is 7.70. The molecule has 0 amide bonds. The van der Waals surface area contributed by atoms with Gasteiger partial charge in [0.25, 0.3) is 0 Å². The molecule has 1 unspecified atom stereocenters. The van der Waals surface area contributed by atoms with Crippen molar-refractivity contribution in [2.45, 2.75) is 38.6 Å². The third-order valence-corrected chi connectivity index (χ3v) is 3.98. The van der Waals surface area contributed by atoms with Crippen LogP contribution in [0.5, 0.6) is 0 Å². The summed E-state index contributed by atoms with van der Waals surface area (Å²) in [5.74, 6) is -0.463. The Labute approximate surface area is 119 Å². The van der Waals surface area contributed by atoms with E-state index in [0.29, 0.717) is 12.3 Å². The maximum atomic E-state index is 13.8. The lowest BCUT2D eigenvalue weighted by Gasteiger charge is -2.31. The Balaban J connectivity index is 2.09. The molecule has 1 aromatic carbocycles. The molecule has 0 radical (unpaired) electrons. The molecule has 0 bridgehead atoms. The van der Waals surface area contributed by atoms with Crippen LogP contribution in [0.25, 0.3) is 0 Å². The van der Waals surface area contributed by atoms with Crippen molar-refractivity contribution in [3.05, 3.63) is 35.4 Å². The van der Waals surface area contributed by atoms with E-state index < -0.39 is 11.6 Å². The van der Waals surface area contributed by atoms with Gasteiger partial charge in [-0.25, -0.2) is 8.78 Å². The van der Waals surface area contributed by atoms with Crippen LogP contribution in [0.1, 0.15) is 31.7 Å². The topological polar surface area (TPSA) is 21.3 Å². The van der Waals surface area contributed by atoms with Crippen molar-refractivity contribution in [1.82, 2.24) is 5.32 Å². The minimum Gasteiger partial charge on any atom is -0.381 e. The quantitative estimate of drug-likeness (QED) is 0.865. The highest BCUT2D eigenvalue weighted by molar-refractivity contribution is 5.21. The van der Waals surface area contributed by atoms with E-state index in [4.69, 9.17) is 4.74 Å². The monoisotopic (exact) mass is 283 g/mol. The third kappa shape index (κ3) is 4.00. The first kappa shape index (κ1) is 15.4. The first-order valence-corrected chi connectivity index (χ1v) is 7.46. The molecule has 1 aromatic rings. The molecule has 1 heterocycles. The Kier molecular flexibility index (Phi) is 5.92. The number of benzene rings is 1.